The fraction of sp³-hybridized carbons (Fsp3) is 0.222. The van der Waals surface area contributed by atoms with Gasteiger partial charge in [0.1, 0.15) is 5.75 Å². The summed E-state index contributed by atoms with van der Waals surface area (Å²) < 4.78 is 7.02. The lowest BCUT2D eigenvalue weighted by Crippen LogP contribution is -2.19. The number of ether oxygens (including phenoxy) is 1. The zero-order chi connectivity index (χ0) is 17.8. The van der Waals surface area contributed by atoms with Gasteiger partial charge in [-0.2, -0.15) is 0 Å². The van der Waals surface area contributed by atoms with E-state index in [2.05, 4.69) is 15.7 Å². The highest BCUT2D eigenvalue weighted by Crippen LogP contribution is 2.23. The Morgan fingerprint density at radius 3 is 2.76 bits per heavy atom. The van der Waals surface area contributed by atoms with Crippen molar-refractivity contribution >= 4 is 28.3 Å². The molecule has 0 radical (unpaired) electrons. The van der Waals surface area contributed by atoms with Crippen LogP contribution in [0, 0.1) is 0 Å². The first-order chi connectivity index (χ1) is 12.1. The van der Waals surface area contributed by atoms with E-state index in [1.165, 1.54) is 0 Å². The molecule has 0 unspecified atom stereocenters. The standard InChI is InChI=1S/C18H20N4O3/c1-3-10-22-15-9-8-12(11-13(15)17(23)21-22)19-18(24)20-14-6-4-5-7-16(14)25-2/h4-9,11H,3,10H2,1-2H3,(H,21,23)(H2,19,20,24). The molecule has 1 aromatic heterocycles. The number of rotatable bonds is 5. The van der Waals surface area contributed by atoms with Crippen LogP contribution >= 0.6 is 0 Å². The van der Waals surface area contributed by atoms with Gasteiger partial charge in [-0.15, -0.1) is 0 Å². The number of fused-ring (bicyclic) bond motifs is 1. The van der Waals surface area contributed by atoms with Gasteiger partial charge in [-0.25, -0.2) is 4.79 Å². The maximum atomic E-state index is 12.2. The van der Waals surface area contributed by atoms with Crippen molar-refractivity contribution in [1.82, 2.24) is 9.78 Å². The zero-order valence-electron chi connectivity index (χ0n) is 14.1. The Balaban J connectivity index is 1.79. The Bertz CT molecular complexity index is 958. The summed E-state index contributed by atoms with van der Waals surface area (Å²) in [6, 6.07) is 12.0. The third kappa shape index (κ3) is 3.50. The minimum atomic E-state index is -0.409. The van der Waals surface area contributed by atoms with Crippen LogP contribution in [0.5, 0.6) is 5.75 Å². The van der Waals surface area contributed by atoms with Crippen molar-refractivity contribution in [1.29, 1.82) is 0 Å². The second-order valence-electron chi connectivity index (χ2n) is 5.60. The highest BCUT2D eigenvalue weighted by molar-refractivity contribution is 6.01. The third-order valence-corrected chi connectivity index (χ3v) is 3.83. The lowest BCUT2D eigenvalue weighted by molar-refractivity contribution is 0.262. The summed E-state index contributed by atoms with van der Waals surface area (Å²) in [6.07, 6.45) is 0.918. The number of methoxy groups -OCH3 is 1. The second kappa shape index (κ2) is 7.12. The molecule has 0 atom stereocenters. The summed E-state index contributed by atoms with van der Waals surface area (Å²) in [6.45, 7) is 2.78. The number of para-hydroxylation sites is 2. The molecule has 2 amide bonds. The second-order valence-corrected chi connectivity index (χ2v) is 5.60. The average Bonchev–Trinajstić information content (AvgIpc) is 2.91. The molecule has 0 aliphatic carbocycles. The minimum absolute atomic E-state index is 0.169. The Kier molecular flexibility index (Phi) is 4.74. The Labute approximate surface area is 144 Å². The number of carbonyl (C=O) groups is 1. The van der Waals surface area contributed by atoms with Gasteiger partial charge in [-0.3, -0.25) is 14.6 Å². The molecule has 0 bridgehead atoms. The summed E-state index contributed by atoms with van der Waals surface area (Å²) in [5.41, 5.74) is 1.76. The summed E-state index contributed by atoms with van der Waals surface area (Å²) in [5.74, 6) is 0.571. The van der Waals surface area contributed by atoms with E-state index in [4.69, 9.17) is 4.74 Å². The topological polar surface area (TPSA) is 88.2 Å². The smallest absolute Gasteiger partial charge is 0.323 e. The summed E-state index contributed by atoms with van der Waals surface area (Å²) in [7, 11) is 1.54. The number of amides is 2. The highest BCUT2D eigenvalue weighted by Gasteiger charge is 2.10. The van der Waals surface area contributed by atoms with E-state index in [0.717, 1.165) is 18.5 Å². The average molecular weight is 340 g/mol. The van der Waals surface area contributed by atoms with Crippen LogP contribution in [0.25, 0.3) is 10.9 Å². The number of hydrogen-bond donors (Lipinski definition) is 3. The Hall–Kier alpha value is -3.22. The number of benzene rings is 2. The Morgan fingerprint density at radius 1 is 1.20 bits per heavy atom. The van der Waals surface area contributed by atoms with Gasteiger partial charge in [0.25, 0.3) is 5.56 Å². The molecule has 7 heteroatoms. The fourth-order valence-electron chi connectivity index (χ4n) is 2.71. The zero-order valence-corrected chi connectivity index (χ0v) is 14.1. The van der Waals surface area contributed by atoms with Crippen molar-refractivity contribution in [2.45, 2.75) is 19.9 Å². The molecule has 0 aliphatic heterocycles. The lowest BCUT2D eigenvalue weighted by Gasteiger charge is -2.11. The number of aryl methyl sites for hydroxylation is 1. The largest absolute Gasteiger partial charge is 0.495 e. The summed E-state index contributed by atoms with van der Waals surface area (Å²) in [5, 5.41) is 8.82. The van der Waals surface area contributed by atoms with Crippen molar-refractivity contribution in [2.75, 3.05) is 17.7 Å². The van der Waals surface area contributed by atoms with Gasteiger partial charge in [0.15, 0.2) is 0 Å². The van der Waals surface area contributed by atoms with E-state index in [0.29, 0.717) is 22.5 Å². The van der Waals surface area contributed by atoms with Gasteiger partial charge in [0.05, 0.1) is 23.7 Å². The number of nitrogens with one attached hydrogen (secondary N) is 3. The van der Waals surface area contributed by atoms with Crippen molar-refractivity contribution < 1.29 is 9.53 Å². The van der Waals surface area contributed by atoms with Crippen LogP contribution in [0.15, 0.2) is 47.3 Å². The van der Waals surface area contributed by atoms with Crippen molar-refractivity contribution in [3.05, 3.63) is 52.8 Å². The van der Waals surface area contributed by atoms with Crippen LogP contribution < -0.4 is 20.9 Å². The number of anilines is 2. The number of aromatic amines is 1. The minimum Gasteiger partial charge on any atom is -0.495 e. The molecule has 2 aromatic carbocycles. The quantitative estimate of drug-likeness (QED) is 0.665. The van der Waals surface area contributed by atoms with Gasteiger partial charge in [0, 0.05) is 12.2 Å². The predicted molar refractivity (Wildman–Crippen MR) is 98.5 cm³/mol. The van der Waals surface area contributed by atoms with Gasteiger partial charge in [0.2, 0.25) is 0 Å². The maximum Gasteiger partial charge on any atom is 0.323 e. The summed E-state index contributed by atoms with van der Waals surface area (Å²) in [4.78, 5) is 24.3. The molecule has 130 valence electrons. The van der Waals surface area contributed by atoms with Crippen LogP contribution in [0.4, 0.5) is 16.2 Å². The molecule has 1 heterocycles. The third-order valence-electron chi connectivity index (χ3n) is 3.83. The number of carbonyl (C=O) groups excluding carboxylic acids is 1. The Morgan fingerprint density at radius 2 is 2.00 bits per heavy atom. The molecule has 25 heavy (non-hydrogen) atoms. The molecule has 0 fully saturated rings. The molecule has 3 N–H and O–H groups in total. The van der Waals surface area contributed by atoms with E-state index >= 15 is 0 Å². The number of hydrogen-bond acceptors (Lipinski definition) is 3. The van der Waals surface area contributed by atoms with Crippen molar-refractivity contribution in [3.63, 3.8) is 0 Å². The van der Waals surface area contributed by atoms with Gasteiger partial charge in [-0.05, 0) is 36.8 Å². The van der Waals surface area contributed by atoms with Gasteiger partial charge < -0.3 is 15.4 Å². The van der Waals surface area contributed by atoms with E-state index < -0.39 is 6.03 Å². The van der Waals surface area contributed by atoms with Gasteiger partial charge >= 0.3 is 6.03 Å². The van der Waals surface area contributed by atoms with Crippen LogP contribution in [-0.4, -0.2) is 22.9 Å². The number of nitrogens with zero attached hydrogens (tertiary/aromatic N) is 1. The highest BCUT2D eigenvalue weighted by atomic mass is 16.5. The summed E-state index contributed by atoms with van der Waals surface area (Å²) >= 11 is 0. The fourth-order valence-corrected chi connectivity index (χ4v) is 2.71. The molecule has 7 nitrogen and oxygen atoms in total. The molecular weight excluding hydrogens is 320 g/mol. The maximum absolute atomic E-state index is 12.2. The van der Waals surface area contributed by atoms with Crippen molar-refractivity contribution in [2.24, 2.45) is 0 Å². The van der Waals surface area contributed by atoms with Crippen molar-refractivity contribution in [3.8, 4) is 5.75 Å². The number of H-pyrrole nitrogens is 1. The van der Waals surface area contributed by atoms with E-state index in [9.17, 15) is 9.59 Å². The first-order valence-corrected chi connectivity index (χ1v) is 8.06. The van der Waals surface area contributed by atoms with E-state index in [1.54, 1.807) is 37.4 Å². The molecule has 0 saturated heterocycles. The van der Waals surface area contributed by atoms with Gasteiger partial charge in [-0.1, -0.05) is 19.1 Å². The molecule has 0 saturated carbocycles. The van der Waals surface area contributed by atoms with Crippen LogP contribution in [0.2, 0.25) is 0 Å². The molecule has 3 rings (SSSR count). The first-order valence-electron chi connectivity index (χ1n) is 8.06. The molecule has 3 aromatic rings. The normalized spacial score (nSPS) is 10.6. The van der Waals surface area contributed by atoms with Crippen LogP contribution in [0.3, 0.4) is 0 Å². The number of aromatic nitrogens is 2. The number of urea groups is 1. The molecular formula is C18H20N4O3. The van der Waals surface area contributed by atoms with Crippen LogP contribution in [0.1, 0.15) is 13.3 Å². The SMILES string of the molecule is CCCn1[nH]c(=O)c2cc(NC(=O)Nc3ccccc3OC)ccc21. The lowest BCUT2D eigenvalue weighted by atomic mass is 10.2. The monoisotopic (exact) mass is 340 g/mol. The van der Waals surface area contributed by atoms with E-state index in [-0.39, 0.29) is 5.56 Å². The molecule has 0 aliphatic rings. The van der Waals surface area contributed by atoms with Crippen LogP contribution in [-0.2, 0) is 6.54 Å². The van der Waals surface area contributed by atoms with E-state index in [1.807, 2.05) is 23.7 Å². The first kappa shape index (κ1) is 16.6. The predicted octanol–water partition coefficient (Wildman–Crippen LogP) is 3.39. The molecule has 0 spiro atoms.